The van der Waals surface area contributed by atoms with Gasteiger partial charge in [0.05, 0.1) is 12.1 Å². The summed E-state index contributed by atoms with van der Waals surface area (Å²) in [6.45, 7) is 1.81. The van der Waals surface area contributed by atoms with Crippen molar-refractivity contribution >= 4 is 34.4 Å². The Bertz CT molecular complexity index is 954. The van der Waals surface area contributed by atoms with Gasteiger partial charge in [0.15, 0.2) is 11.6 Å². The third kappa shape index (κ3) is 3.46. The summed E-state index contributed by atoms with van der Waals surface area (Å²) >= 11 is 1.29. The van der Waals surface area contributed by atoms with Crippen LogP contribution in [0.4, 0.5) is 14.5 Å². The number of hydrogen-bond donors (Lipinski definition) is 4. The topological polar surface area (TPSA) is 82.1 Å². The smallest absolute Gasteiger partial charge is 0.273 e. The van der Waals surface area contributed by atoms with Crippen LogP contribution >= 0.6 is 11.9 Å². The zero-order chi connectivity index (χ0) is 18.8. The van der Waals surface area contributed by atoms with Crippen molar-refractivity contribution in [2.24, 2.45) is 7.05 Å². The van der Waals surface area contributed by atoms with Crippen LogP contribution in [0.1, 0.15) is 17.4 Å². The summed E-state index contributed by atoms with van der Waals surface area (Å²) in [5, 5.41) is 13.2. The highest BCUT2D eigenvalue weighted by Gasteiger charge is 2.22. The number of H-pyrrole nitrogens is 1. The molecule has 1 unspecified atom stereocenters. The zero-order valence-corrected chi connectivity index (χ0v) is 15.0. The van der Waals surface area contributed by atoms with Crippen molar-refractivity contribution in [2.75, 3.05) is 11.9 Å². The molecule has 0 saturated carbocycles. The monoisotopic (exact) mass is 380 g/mol. The van der Waals surface area contributed by atoms with E-state index in [1.165, 1.54) is 18.0 Å². The quantitative estimate of drug-likeness (QED) is 0.496. The van der Waals surface area contributed by atoms with Crippen molar-refractivity contribution in [3.63, 3.8) is 0 Å². The first-order chi connectivity index (χ1) is 12.4. The van der Waals surface area contributed by atoms with Crippen molar-refractivity contribution in [1.29, 1.82) is 0 Å². The molecule has 0 fully saturated rings. The average molecular weight is 380 g/mol. The Morgan fingerprint density at radius 1 is 1.35 bits per heavy atom. The van der Waals surface area contributed by atoms with Gasteiger partial charge in [0.2, 0.25) is 0 Å². The Balaban J connectivity index is 1.91. The van der Waals surface area contributed by atoms with E-state index < -0.39 is 17.5 Å². The standard InChI is InChI=1S/C17H18F2N4O2S/c1-9(8-24)22-26-17-14-11(5-6-20-14)15(23(17)2)16(25)21-10-3-4-12(18)13(19)7-10/h3-7,9,20,22,24H,8H2,1-2H3,(H,21,25). The van der Waals surface area contributed by atoms with E-state index in [0.717, 1.165) is 22.7 Å². The number of fused-ring (bicyclic) bond motifs is 1. The van der Waals surface area contributed by atoms with Gasteiger partial charge in [-0.25, -0.2) is 8.78 Å². The molecule has 0 spiro atoms. The van der Waals surface area contributed by atoms with E-state index in [1.807, 2.05) is 6.92 Å². The van der Waals surface area contributed by atoms with Gasteiger partial charge in [-0.1, -0.05) is 0 Å². The van der Waals surface area contributed by atoms with Gasteiger partial charge in [-0.15, -0.1) is 0 Å². The second-order valence-corrected chi connectivity index (χ2v) is 6.69. The predicted molar refractivity (Wildman–Crippen MR) is 97.1 cm³/mol. The van der Waals surface area contributed by atoms with Gasteiger partial charge in [0, 0.05) is 36.4 Å². The first-order valence-corrected chi connectivity index (χ1v) is 8.69. The Hall–Kier alpha value is -2.36. The SMILES string of the molecule is CC(CO)NSc1c2[nH]ccc2c(C(=O)Nc2ccc(F)c(F)c2)n1C. The van der Waals surface area contributed by atoms with Gasteiger partial charge in [-0.3, -0.25) is 9.52 Å². The van der Waals surface area contributed by atoms with Crippen LogP contribution in [0.5, 0.6) is 0 Å². The number of anilines is 1. The zero-order valence-electron chi connectivity index (χ0n) is 14.1. The molecule has 0 aliphatic heterocycles. The molecule has 0 bridgehead atoms. The number of amides is 1. The van der Waals surface area contributed by atoms with Crippen LogP contribution < -0.4 is 10.0 Å². The van der Waals surface area contributed by atoms with Crippen LogP contribution in [0.15, 0.2) is 35.5 Å². The molecule has 26 heavy (non-hydrogen) atoms. The van der Waals surface area contributed by atoms with Gasteiger partial charge in [-0.2, -0.15) is 0 Å². The molecular formula is C17H18F2N4O2S. The molecule has 1 amide bonds. The minimum atomic E-state index is -1.03. The van der Waals surface area contributed by atoms with E-state index in [4.69, 9.17) is 5.11 Å². The number of nitrogens with zero attached hydrogens (tertiary/aromatic N) is 1. The first-order valence-electron chi connectivity index (χ1n) is 7.87. The molecule has 2 aromatic heterocycles. The molecule has 3 aromatic rings. The van der Waals surface area contributed by atoms with E-state index in [9.17, 15) is 13.6 Å². The second kappa shape index (κ2) is 7.48. The van der Waals surface area contributed by atoms with Gasteiger partial charge < -0.3 is 20.0 Å². The molecule has 6 nitrogen and oxygen atoms in total. The number of aromatic nitrogens is 2. The number of aromatic amines is 1. The fourth-order valence-corrected chi connectivity index (χ4v) is 3.43. The van der Waals surface area contributed by atoms with E-state index >= 15 is 0 Å². The van der Waals surface area contributed by atoms with Gasteiger partial charge >= 0.3 is 0 Å². The summed E-state index contributed by atoms with van der Waals surface area (Å²) in [5.74, 6) is -2.44. The van der Waals surface area contributed by atoms with E-state index in [2.05, 4.69) is 15.0 Å². The largest absolute Gasteiger partial charge is 0.395 e. The fraction of sp³-hybridized carbons (Fsp3) is 0.235. The maximum absolute atomic E-state index is 13.4. The van der Waals surface area contributed by atoms with Gasteiger partial charge in [-0.05, 0) is 37.1 Å². The van der Waals surface area contributed by atoms with Crippen LogP contribution in [0.2, 0.25) is 0 Å². The molecule has 4 N–H and O–H groups in total. The number of nitrogens with one attached hydrogen (secondary N) is 3. The number of carbonyl (C=O) groups excluding carboxylic acids is 1. The number of aliphatic hydroxyl groups is 1. The Labute approximate surface area is 152 Å². The van der Waals surface area contributed by atoms with Crippen molar-refractivity contribution < 1.29 is 18.7 Å². The molecule has 0 saturated heterocycles. The molecule has 0 radical (unpaired) electrons. The van der Waals surface area contributed by atoms with E-state index in [1.54, 1.807) is 23.9 Å². The second-order valence-electron chi connectivity index (χ2n) is 5.87. The first kappa shape index (κ1) is 18.4. The Morgan fingerprint density at radius 3 is 2.81 bits per heavy atom. The lowest BCUT2D eigenvalue weighted by Gasteiger charge is -2.12. The number of rotatable bonds is 6. The molecule has 2 heterocycles. The lowest BCUT2D eigenvalue weighted by Crippen LogP contribution is -2.23. The lowest BCUT2D eigenvalue weighted by molar-refractivity contribution is 0.102. The average Bonchev–Trinajstić information content (AvgIpc) is 3.16. The number of halogens is 2. The van der Waals surface area contributed by atoms with Crippen molar-refractivity contribution in [3.05, 3.63) is 47.8 Å². The number of benzene rings is 1. The summed E-state index contributed by atoms with van der Waals surface area (Å²) in [6, 6.07) is 4.84. The molecule has 9 heteroatoms. The summed E-state index contributed by atoms with van der Waals surface area (Å²) in [5.41, 5.74) is 1.32. The molecular weight excluding hydrogens is 362 g/mol. The van der Waals surface area contributed by atoms with Crippen molar-refractivity contribution in [1.82, 2.24) is 14.3 Å². The summed E-state index contributed by atoms with van der Waals surface area (Å²) < 4.78 is 31.2. The summed E-state index contributed by atoms with van der Waals surface area (Å²) in [7, 11) is 1.74. The summed E-state index contributed by atoms with van der Waals surface area (Å²) in [4.78, 5) is 15.8. The minimum absolute atomic E-state index is 0.0191. The number of carbonyl (C=O) groups is 1. The minimum Gasteiger partial charge on any atom is -0.395 e. The van der Waals surface area contributed by atoms with Crippen molar-refractivity contribution in [3.8, 4) is 0 Å². The molecule has 0 aliphatic rings. The van der Waals surface area contributed by atoms with Gasteiger partial charge in [0.1, 0.15) is 10.7 Å². The Kier molecular flexibility index (Phi) is 5.30. The van der Waals surface area contributed by atoms with Crippen LogP contribution in [-0.4, -0.2) is 33.2 Å². The van der Waals surface area contributed by atoms with Crippen LogP contribution in [0.25, 0.3) is 10.9 Å². The highest BCUT2D eigenvalue weighted by molar-refractivity contribution is 7.97. The lowest BCUT2D eigenvalue weighted by atomic mass is 10.2. The maximum Gasteiger partial charge on any atom is 0.273 e. The molecule has 1 atom stereocenters. The molecule has 138 valence electrons. The molecule has 0 aliphatic carbocycles. The number of hydrogen-bond acceptors (Lipinski definition) is 4. The van der Waals surface area contributed by atoms with Crippen LogP contribution in [0.3, 0.4) is 0 Å². The van der Waals surface area contributed by atoms with Crippen LogP contribution in [-0.2, 0) is 7.05 Å². The van der Waals surface area contributed by atoms with Crippen LogP contribution in [0, 0.1) is 11.6 Å². The highest BCUT2D eigenvalue weighted by atomic mass is 32.2. The Morgan fingerprint density at radius 2 is 2.12 bits per heavy atom. The normalized spacial score (nSPS) is 12.5. The van der Waals surface area contributed by atoms with Gasteiger partial charge in [0.25, 0.3) is 5.91 Å². The molecule has 1 aromatic carbocycles. The third-order valence-electron chi connectivity index (χ3n) is 3.88. The third-order valence-corrected chi connectivity index (χ3v) is 5.07. The van der Waals surface area contributed by atoms with Crippen molar-refractivity contribution in [2.45, 2.75) is 18.0 Å². The number of aliphatic hydroxyl groups excluding tert-OH is 1. The highest BCUT2D eigenvalue weighted by Crippen LogP contribution is 2.31. The van der Waals surface area contributed by atoms with E-state index in [-0.39, 0.29) is 18.3 Å². The van der Waals surface area contributed by atoms with E-state index in [0.29, 0.717) is 11.1 Å². The fourth-order valence-electron chi connectivity index (χ4n) is 2.55. The maximum atomic E-state index is 13.4. The predicted octanol–water partition coefficient (Wildman–Crippen LogP) is 3.01. The molecule has 3 rings (SSSR count). The summed E-state index contributed by atoms with van der Waals surface area (Å²) in [6.07, 6.45) is 1.72.